The molecule has 0 radical (unpaired) electrons. The van der Waals surface area contributed by atoms with E-state index in [0.29, 0.717) is 12.6 Å². The summed E-state index contributed by atoms with van der Waals surface area (Å²) in [7, 11) is 4.00. The molecular weight excluding hydrogens is 314 g/mol. The average Bonchev–Trinajstić information content (AvgIpc) is 2.65. The molecule has 0 bridgehead atoms. The summed E-state index contributed by atoms with van der Waals surface area (Å²) >= 11 is 0. The maximum absolute atomic E-state index is 5.70. The van der Waals surface area contributed by atoms with E-state index in [1.54, 1.807) is 0 Å². The summed E-state index contributed by atoms with van der Waals surface area (Å²) in [6.07, 6.45) is 0.934. The minimum Gasteiger partial charge on any atom is -0.494 e. The second-order valence-corrected chi connectivity index (χ2v) is 6.58. The number of hydrogen-bond acceptors (Lipinski definition) is 4. The number of guanidine groups is 1. The highest BCUT2D eigenvalue weighted by Gasteiger charge is 2.18. The van der Waals surface area contributed by atoms with Gasteiger partial charge in [-0.2, -0.15) is 0 Å². The number of ether oxygens (including phenoxy) is 1. The summed E-state index contributed by atoms with van der Waals surface area (Å²) in [5.74, 6) is 1.78. The number of likely N-dealkylation sites (N-methyl/N-ethyl adjacent to an activating group) is 1. The highest BCUT2D eigenvalue weighted by Crippen LogP contribution is 2.08. The highest BCUT2D eigenvalue weighted by molar-refractivity contribution is 5.79. The molecule has 2 N–H and O–H groups in total. The van der Waals surface area contributed by atoms with E-state index < -0.39 is 0 Å². The van der Waals surface area contributed by atoms with Crippen molar-refractivity contribution < 1.29 is 4.74 Å². The van der Waals surface area contributed by atoms with Gasteiger partial charge in [-0.3, -0.25) is 9.89 Å². The van der Waals surface area contributed by atoms with Gasteiger partial charge in [-0.25, -0.2) is 0 Å². The largest absolute Gasteiger partial charge is 0.494 e. The van der Waals surface area contributed by atoms with Crippen molar-refractivity contribution in [1.29, 1.82) is 0 Å². The number of piperazine rings is 1. The van der Waals surface area contributed by atoms with E-state index >= 15 is 0 Å². The Kier molecular flexibility index (Phi) is 8.55. The maximum atomic E-state index is 5.70. The van der Waals surface area contributed by atoms with Crippen molar-refractivity contribution in [3.05, 3.63) is 30.3 Å². The fourth-order valence-electron chi connectivity index (χ4n) is 2.84. The first-order valence-electron chi connectivity index (χ1n) is 9.24. The Balaban J connectivity index is 1.57. The Labute approximate surface area is 152 Å². The predicted molar refractivity (Wildman–Crippen MR) is 104 cm³/mol. The van der Waals surface area contributed by atoms with Gasteiger partial charge >= 0.3 is 0 Å². The van der Waals surface area contributed by atoms with E-state index in [0.717, 1.165) is 57.4 Å². The molecule has 1 aromatic carbocycles. The first-order chi connectivity index (χ1) is 12.2. The van der Waals surface area contributed by atoms with Crippen molar-refractivity contribution in [2.24, 2.45) is 4.99 Å². The maximum Gasteiger partial charge on any atom is 0.191 e. The van der Waals surface area contributed by atoms with Gasteiger partial charge in [0.25, 0.3) is 0 Å². The van der Waals surface area contributed by atoms with Gasteiger partial charge in [0.05, 0.1) is 6.61 Å². The van der Waals surface area contributed by atoms with Gasteiger partial charge in [0.1, 0.15) is 5.75 Å². The Morgan fingerprint density at radius 1 is 1.16 bits per heavy atom. The lowest BCUT2D eigenvalue weighted by Gasteiger charge is -2.36. The Morgan fingerprint density at radius 3 is 2.56 bits per heavy atom. The fraction of sp³-hybridized carbons (Fsp3) is 0.632. The molecule has 1 aliphatic rings. The predicted octanol–water partition coefficient (Wildman–Crippen LogP) is 1.26. The SMILES string of the molecule is CN=C(NCCCOc1ccccc1)NCC(C)N1CCN(C)CC1. The number of benzene rings is 1. The molecule has 25 heavy (non-hydrogen) atoms. The molecular formula is C19H33N5O. The molecule has 0 aromatic heterocycles. The molecule has 1 heterocycles. The standard InChI is InChI=1S/C19H33N5O/c1-17(24-13-11-23(3)12-14-24)16-22-19(20-2)21-10-7-15-25-18-8-5-4-6-9-18/h4-6,8-9,17H,7,10-16H2,1-3H3,(H2,20,21,22). The van der Waals surface area contributed by atoms with Crippen LogP contribution in [-0.2, 0) is 0 Å². The lowest BCUT2D eigenvalue weighted by atomic mass is 10.2. The number of para-hydroxylation sites is 1. The Bertz CT molecular complexity index is 500. The minimum atomic E-state index is 0.508. The van der Waals surface area contributed by atoms with E-state index in [1.165, 1.54) is 0 Å². The van der Waals surface area contributed by atoms with Gasteiger partial charge in [0.15, 0.2) is 5.96 Å². The van der Waals surface area contributed by atoms with Crippen LogP contribution >= 0.6 is 0 Å². The molecule has 140 valence electrons. The van der Waals surface area contributed by atoms with Crippen LogP contribution in [0.15, 0.2) is 35.3 Å². The molecule has 6 heteroatoms. The van der Waals surface area contributed by atoms with Gasteiger partial charge < -0.3 is 20.3 Å². The second kappa shape index (κ2) is 10.9. The summed E-state index contributed by atoms with van der Waals surface area (Å²) in [5.41, 5.74) is 0. The van der Waals surface area contributed by atoms with Crippen LogP contribution in [0.2, 0.25) is 0 Å². The van der Waals surface area contributed by atoms with Gasteiger partial charge in [-0.05, 0) is 32.5 Å². The molecule has 0 aliphatic carbocycles. The van der Waals surface area contributed by atoms with Gasteiger partial charge in [-0.1, -0.05) is 18.2 Å². The van der Waals surface area contributed by atoms with E-state index in [-0.39, 0.29) is 0 Å². The third-order valence-corrected chi connectivity index (χ3v) is 4.58. The lowest BCUT2D eigenvalue weighted by molar-refractivity contribution is 0.120. The number of nitrogens with one attached hydrogen (secondary N) is 2. The normalized spacial score (nSPS) is 18.0. The molecule has 1 atom stereocenters. The van der Waals surface area contributed by atoms with Gasteiger partial charge in [-0.15, -0.1) is 0 Å². The quantitative estimate of drug-likeness (QED) is 0.421. The van der Waals surface area contributed by atoms with Crippen LogP contribution in [-0.4, -0.2) is 81.8 Å². The zero-order valence-corrected chi connectivity index (χ0v) is 15.9. The minimum absolute atomic E-state index is 0.508. The molecule has 1 saturated heterocycles. The van der Waals surface area contributed by atoms with E-state index in [4.69, 9.17) is 4.74 Å². The zero-order valence-electron chi connectivity index (χ0n) is 15.9. The fourth-order valence-corrected chi connectivity index (χ4v) is 2.84. The first kappa shape index (κ1) is 19.5. The number of nitrogens with zero attached hydrogens (tertiary/aromatic N) is 3. The van der Waals surface area contributed by atoms with Crippen LogP contribution in [0.3, 0.4) is 0 Å². The average molecular weight is 348 g/mol. The summed E-state index contributed by atoms with van der Waals surface area (Å²) in [5, 5.41) is 6.78. The van der Waals surface area contributed by atoms with Crippen LogP contribution in [0.25, 0.3) is 0 Å². The van der Waals surface area contributed by atoms with E-state index in [9.17, 15) is 0 Å². The molecule has 6 nitrogen and oxygen atoms in total. The number of aliphatic imine (C=N–C) groups is 1. The van der Waals surface area contributed by atoms with Gasteiger partial charge in [0.2, 0.25) is 0 Å². The van der Waals surface area contributed by atoms with Crippen LogP contribution in [0.1, 0.15) is 13.3 Å². The smallest absolute Gasteiger partial charge is 0.191 e. The third kappa shape index (κ3) is 7.32. The molecule has 0 amide bonds. The second-order valence-electron chi connectivity index (χ2n) is 6.58. The molecule has 1 aliphatic heterocycles. The van der Waals surface area contributed by atoms with Crippen molar-refractivity contribution in [1.82, 2.24) is 20.4 Å². The Hall–Kier alpha value is -1.79. The van der Waals surface area contributed by atoms with Crippen molar-refractivity contribution in [3.8, 4) is 5.75 Å². The molecule has 1 unspecified atom stereocenters. The van der Waals surface area contributed by atoms with Crippen LogP contribution in [0, 0.1) is 0 Å². The van der Waals surface area contributed by atoms with E-state index in [1.807, 2.05) is 37.4 Å². The monoisotopic (exact) mass is 347 g/mol. The van der Waals surface area contributed by atoms with Crippen molar-refractivity contribution >= 4 is 5.96 Å². The van der Waals surface area contributed by atoms with Crippen LogP contribution in [0.5, 0.6) is 5.75 Å². The molecule has 0 saturated carbocycles. The Morgan fingerprint density at radius 2 is 1.88 bits per heavy atom. The van der Waals surface area contributed by atoms with Crippen molar-refractivity contribution in [3.63, 3.8) is 0 Å². The third-order valence-electron chi connectivity index (χ3n) is 4.58. The van der Waals surface area contributed by atoms with Crippen molar-refractivity contribution in [2.75, 3.05) is 60.0 Å². The topological polar surface area (TPSA) is 52.1 Å². The van der Waals surface area contributed by atoms with Crippen LogP contribution < -0.4 is 15.4 Å². The molecule has 0 spiro atoms. The lowest BCUT2D eigenvalue weighted by Crippen LogP contribution is -2.52. The molecule has 1 aromatic rings. The molecule has 1 fully saturated rings. The summed E-state index contributed by atoms with van der Waals surface area (Å²) < 4.78 is 5.70. The highest BCUT2D eigenvalue weighted by atomic mass is 16.5. The number of rotatable bonds is 8. The summed E-state index contributed by atoms with van der Waals surface area (Å²) in [6, 6.07) is 10.4. The van der Waals surface area contributed by atoms with E-state index in [2.05, 4.69) is 39.4 Å². The summed E-state index contributed by atoms with van der Waals surface area (Å²) in [6.45, 7) is 9.31. The van der Waals surface area contributed by atoms with Gasteiger partial charge in [0, 0.05) is 52.4 Å². The molecule has 2 rings (SSSR count). The number of hydrogen-bond donors (Lipinski definition) is 2. The van der Waals surface area contributed by atoms with Crippen molar-refractivity contribution in [2.45, 2.75) is 19.4 Å². The van der Waals surface area contributed by atoms with Crippen LogP contribution in [0.4, 0.5) is 0 Å². The summed E-state index contributed by atoms with van der Waals surface area (Å²) in [4.78, 5) is 9.22. The first-order valence-corrected chi connectivity index (χ1v) is 9.24. The zero-order chi connectivity index (χ0) is 17.9.